The summed E-state index contributed by atoms with van der Waals surface area (Å²) >= 11 is 0. The second-order valence-electron chi connectivity index (χ2n) is 8.63. The first-order valence-electron chi connectivity index (χ1n) is 10.4. The fraction of sp³-hybridized carbons (Fsp3) is 0.250. The number of aliphatic imine (C=N–C) groups is 1. The Morgan fingerprint density at radius 3 is 2.61 bits per heavy atom. The third kappa shape index (κ3) is 3.40. The van der Waals surface area contributed by atoms with Crippen LogP contribution in [-0.2, 0) is 16.8 Å². The number of fused-ring (bicyclic) bond motifs is 2. The van der Waals surface area contributed by atoms with E-state index in [0.29, 0.717) is 23.4 Å². The molecule has 2 aliphatic rings. The van der Waals surface area contributed by atoms with Crippen molar-refractivity contribution in [2.24, 2.45) is 10.7 Å². The molecular weight excluding hydrogens is 428 g/mol. The molecule has 9 heteroatoms. The predicted molar refractivity (Wildman–Crippen MR) is 117 cm³/mol. The number of halogens is 2. The number of benzene rings is 1. The van der Waals surface area contributed by atoms with E-state index in [-0.39, 0.29) is 29.7 Å². The van der Waals surface area contributed by atoms with Crippen molar-refractivity contribution < 1.29 is 18.3 Å². The zero-order chi connectivity index (χ0) is 23.4. The number of rotatable bonds is 3. The topological polar surface area (TPSA) is 93.7 Å². The molecule has 168 valence electrons. The molecule has 7 nitrogen and oxygen atoms in total. The number of carbonyl (C=O) groups is 1. The molecule has 3 aromatic rings. The van der Waals surface area contributed by atoms with E-state index in [1.807, 2.05) is 6.92 Å². The molecule has 0 radical (unpaired) electrons. The third-order valence-corrected chi connectivity index (χ3v) is 6.13. The van der Waals surface area contributed by atoms with Crippen LogP contribution in [0.1, 0.15) is 24.5 Å². The molecule has 0 fully saturated rings. The first-order valence-corrected chi connectivity index (χ1v) is 10.4. The van der Waals surface area contributed by atoms with Gasteiger partial charge < -0.3 is 10.5 Å². The van der Waals surface area contributed by atoms with Crippen LogP contribution in [0, 0.1) is 11.8 Å². The second kappa shape index (κ2) is 7.33. The van der Waals surface area contributed by atoms with Gasteiger partial charge in [-0.05, 0) is 42.8 Å². The highest BCUT2D eigenvalue weighted by molar-refractivity contribution is 6.07. The summed E-state index contributed by atoms with van der Waals surface area (Å²) in [6, 6.07) is 10.9. The van der Waals surface area contributed by atoms with Crippen LogP contribution in [0.15, 0.2) is 59.9 Å². The van der Waals surface area contributed by atoms with Crippen molar-refractivity contribution in [1.82, 2.24) is 14.9 Å². The standard InChI is InChI=1S/C24H21F2N5O2/c1-23(11-14-5-7-15(25)8-6-14)13-24(21(32)31(2)22(27)30-24)17-10-18(29-12-19(17)33-23)16-4-3-9-28-20(16)26/h3-10,12H,11,13H2,1-2H3,(H2,27,30)/t23-,24-/m1/s1. The van der Waals surface area contributed by atoms with Crippen LogP contribution >= 0.6 is 0 Å². The van der Waals surface area contributed by atoms with Crippen molar-refractivity contribution in [3.8, 4) is 17.0 Å². The van der Waals surface area contributed by atoms with Gasteiger partial charge in [0.1, 0.15) is 17.2 Å². The maximum atomic E-state index is 14.3. The molecule has 5 rings (SSSR count). The van der Waals surface area contributed by atoms with Crippen LogP contribution in [0.25, 0.3) is 11.3 Å². The van der Waals surface area contributed by atoms with Gasteiger partial charge in [0.2, 0.25) is 5.95 Å². The number of hydrogen-bond donors (Lipinski definition) is 1. The summed E-state index contributed by atoms with van der Waals surface area (Å²) in [4.78, 5) is 27.4. The number of guanidine groups is 1. The van der Waals surface area contributed by atoms with Crippen LogP contribution in [-0.4, -0.2) is 39.4 Å². The fourth-order valence-corrected chi connectivity index (χ4v) is 4.63. The SMILES string of the molecule is CN1C(=O)[C@]2(C[C@@](C)(Cc3ccc(F)cc3)Oc3cnc(-c4cccnc4F)cc32)N=C1N. The summed E-state index contributed by atoms with van der Waals surface area (Å²) in [7, 11) is 1.56. The van der Waals surface area contributed by atoms with Gasteiger partial charge in [0.05, 0.1) is 17.5 Å². The molecular formula is C24H21F2N5O2. The highest BCUT2D eigenvalue weighted by atomic mass is 19.1. The summed E-state index contributed by atoms with van der Waals surface area (Å²) < 4.78 is 34.1. The van der Waals surface area contributed by atoms with Gasteiger partial charge in [0, 0.05) is 31.6 Å². The maximum Gasteiger partial charge on any atom is 0.261 e. The van der Waals surface area contributed by atoms with Crippen LogP contribution in [0.4, 0.5) is 8.78 Å². The molecule has 1 spiro atoms. The fourth-order valence-electron chi connectivity index (χ4n) is 4.63. The minimum atomic E-state index is -1.35. The van der Waals surface area contributed by atoms with Crippen molar-refractivity contribution in [3.63, 3.8) is 0 Å². The quantitative estimate of drug-likeness (QED) is 0.620. The molecule has 0 saturated carbocycles. The Hall–Kier alpha value is -3.88. The first kappa shape index (κ1) is 21.0. The molecule has 2 aliphatic heterocycles. The molecule has 4 heterocycles. The van der Waals surface area contributed by atoms with Crippen molar-refractivity contribution in [3.05, 3.63) is 77.8 Å². The first-order chi connectivity index (χ1) is 15.7. The smallest absolute Gasteiger partial charge is 0.261 e. The third-order valence-electron chi connectivity index (χ3n) is 6.13. The van der Waals surface area contributed by atoms with Gasteiger partial charge in [-0.1, -0.05) is 12.1 Å². The number of nitrogens with two attached hydrogens (primary N) is 1. The van der Waals surface area contributed by atoms with E-state index >= 15 is 0 Å². The zero-order valence-corrected chi connectivity index (χ0v) is 18.0. The van der Waals surface area contributed by atoms with E-state index in [4.69, 9.17) is 10.5 Å². The second-order valence-corrected chi connectivity index (χ2v) is 8.63. The number of likely N-dealkylation sites (N-methyl/N-ethyl adjacent to an activating group) is 1. The molecule has 0 saturated heterocycles. The van der Waals surface area contributed by atoms with E-state index < -0.39 is 17.1 Å². The summed E-state index contributed by atoms with van der Waals surface area (Å²) in [6.07, 6.45) is 3.41. The number of pyridine rings is 2. The zero-order valence-electron chi connectivity index (χ0n) is 18.0. The number of amides is 1. The molecule has 1 aromatic carbocycles. The molecule has 0 unspecified atom stereocenters. The molecule has 2 aromatic heterocycles. The number of nitrogens with zero attached hydrogens (tertiary/aromatic N) is 4. The number of hydrogen-bond acceptors (Lipinski definition) is 6. The minimum Gasteiger partial charge on any atom is -0.485 e. The Kier molecular flexibility index (Phi) is 4.66. The maximum absolute atomic E-state index is 14.3. The summed E-state index contributed by atoms with van der Waals surface area (Å²) in [5, 5.41) is 0. The molecule has 0 bridgehead atoms. The largest absolute Gasteiger partial charge is 0.485 e. The lowest BCUT2D eigenvalue weighted by Gasteiger charge is -2.43. The molecule has 0 aliphatic carbocycles. The Labute approximate surface area is 188 Å². The van der Waals surface area contributed by atoms with E-state index in [1.54, 1.807) is 37.4 Å². The summed E-state index contributed by atoms with van der Waals surface area (Å²) in [5.41, 5.74) is 5.65. The number of aromatic nitrogens is 2. The normalized spacial score (nSPS) is 23.9. The predicted octanol–water partition coefficient (Wildman–Crippen LogP) is 3.19. The average molecular weight is 449 g/mol. The van der Waals surface area contributed by atoms with E-state index in [9.17, 15) is 13.6 Å². The van der Waals surface area contributed by atoms with Crippen molar-refractivity contribution in [2.75, 3.05) is 7.05 Å². The van der Waals surface area contributed by atoms with Crippen LogP contribution < -0.4 is 10.5 Å². The average Bonchev–Trinajstić information content (AvgIpc) is 2.99. The Balaban J connectivity index is 1.64. The Morgan fingerprint density at radius 2 is 1.94 bits per heavy atom. The summed E-state index contributed by atoms with van der Waals surface area (Å²) in [6.45, 7) is 1.87. The van der Waals surface area contributed by atoms with Gasteiger partial charge in [-0.3, -0.25) is 14.7 Å². The molecule has 2 atom stereocenters. The highest BCUT2D eigenvalue weighted by Gasteiger charge is 2.57. The van der Waals surface area contributed by atoms with Crippen LogP contribution in [0.2, 0.25) is 0 Å². The monoisotopic (exact) mass is 449 g/mol. The molecule has 1 amide bonds. The number of ether oxygens (including phenoxy) is 1. The lowest BCUT2D eigenvalue weighted by Crippen LogP contribution is -2.51. The van der Waals surface area contributed by atoms with Gasteiger partial charge in [-0.15, -0.1) is 0 Å². The van der Waals surface area contributed by atoms with Crippen LogP contribution in [0.5, 0.6) is 5.75 Å². The minimum absolute atomic E-state index is 0.0860. The van der Waals surface area contributed by atoms with Gasteiger partial charge in [-0.2, -0.15) is 4.39 Å². The van der Waals surface area contributed by atoms with Gasteiger partial charge in [0.15, 0.2) is 11.5 Å². The number of carbonyl (C=O) groups excluding carboxylic acids is 1. The van der Waals surface area contributed by atoms with Gasteiger partial charge in [0.25, 0.3) is 5.91 Å². The molecule has 33 heavy (non-hydrogen) atoms. The van der Waals surface area contributed by atoms with E-state index in [1.165, 1.54) is 29.4 Å². The van der Waals surface area contributed by atoms with Gasteiger partial charge >= 0.3 is 0 Å². The van der Waals surface area contributed by atoms with Gasteiger partial charge in [-0.25, -0.2) is 14.4 Å². The Bertz CT molecular complexity index is 1300. The van der Waals surface area contributed by atoms with E-state index in [0.717, 1.165) is 5.56 Å². The lowest BCUT2D eigenvalue weighted by atomic mass is 9.75. The lowest BCUT2D eigenvalue weighted by molar-refractivity contribution is -0.133. The summed E-state index contributed by atoms with van der Waals surface area (Å²) in [5.74, 6) is -0.866. The van der Waals surface area contributed by atoms with E-state index in [2.05, 4.69) is 15.0 Å². The van der Waals surface area contributed by atoms with Crippen LogP contribution in [0.3, 0.4) is 0 Å². The molecule has 2 N–H and O–H groups in total. The van der Waals surface area contributed by atoms with Crippen molar-refractivity contribution in [2.45, 2.75) is 30.9 Å². The highest BCUT2D eigenvalue weighted by Crippen LogP contribution is 2.50. The van der Waals surface area contributed by atoms with Crippen molar-refractivity contribution >= 4 is 11.9 Å². The van der Waals surface area contributed by atoms with Crippen molar-refractivity contribution in [1.29, 1.82) is 0 Å². The Morgan fingerprint density at radius 1 is 1.18 bits per heavy atom.